The van der Waals surface area contributed by atoms with Crippen LogP contribution >= 0.6 is 0 Å². The molecule has 0 N–H and O–H groups in total. The number of rotatable bonds is 7. The summed E-state index contributed by atoms with van der Waals surface area (Å²) in [5.74, 6) is 0.959. The van der Waals surface area contributed by atoms with Gasteiger partial charge in [0.25, 0.3) is 0 Å². The van der Waals surface area contributed by atoms with Gasteiger partial charge < -0.3 is 0 Å². The van der Waals surface area contributed by atoms with Crippen molar-refractivity contribution in [2.75, 3.05) is 0 Å². The number of nitriles is 4. The molecule has 8 rings (SSSR count). The highest BCUT2D eigenvalue weighted by atomic mass is 15.1. The maximum absolute atomic E-state index is 10.2. The van der Waals surface area contributed by atoms with Crippen LogP contribution in [0.4, 0.5) is 0 Å². The van der Waals surface area contributed by atoms with Crippen molar-refractivity contribution >= 4 is 0 Å². The lowest BCUT2D eigenvalue weighted by molar-refractivity contribution is 1.04. The Labute approximate surface area is 311 Å². The first-order chi connectivity index (χ1) is 26.7. The van der Waals surface area contributed by atoms with Crippen molar-refractivity contribution in [3.8, 4) is 91.8 Å². The molecule has 0 radical (unpaired) electrons. The van der Waals surface area contributed by atoms with E-state index in [1.807, 2.05) is 133 Å². The van der Waals surface area contributed by atoms with Crippen LogP contribution in [0, 0.1) is 45.3 Å². The molecule has 0 unspecified atom stereocenters. The zero-order valence-corrected chi connectivity index (χ0v) is 28.6. The summed E-state index contributed by atoms with van der Waals surface area (Å²) in [6.45, 7) is 0. The summed E-state index contributed by atoms with van der Waals surface area (Å²) in [6.07, 6.45) is 0. The molecule has 0 atom stereocenters. The Bertz CT molecular complexity index is 2670. The predicted molar refractivity (Wildman–Crippen MR) is 207 cm³/mol. The van der Waals surface area contributed by atoms with E-state index in [0.29, 0.717) is 11.6 Å². The largest absolute Gasteiger partial charge is 0.283 e. The van der Waals surface area contributed by atoms with Gasteiger partial charge in [-0.3, -0.25) is 9.13 Å². The van der Waals surface area contributed by atoms with Crippen molar-refractivity contribution in [3.63, 3.8) is 0 Å². The van der Waals surface area contributed by atoms with E-state index in [9.17, 15) is 21.0 Å². The highest BCUT2D eigenvalue weighted by Gasteiger charge is 2.25. The minimum atomic E-state index is 0.0503. The minimum absolute atomic E-state index is 0.0503. The fourth-order valence-corrected chi connectivity index (χ4v) is 6.95. The summed E-state index contributed by atoms with van der Waals surface area (Å²) < 4.78 is 3.48. The SMILES string of the molecule is N#Cc1nc(-c2ccccc2-c2ccccc2-c2ccccc2-c2ccccc2-c2nc(C#N)c(C#N)n2-c2ccccc2)n(-c2ccccc2)c1C#N. The van der Waals surface area contributed by atoms with Crippen LogP contribution in [0.25, 0.3) is 67.5 Å². The van der Waals surface area contributed by atoms with E-state index in [1.165, 1.54) is 0 Å². The Balaban J connectivity index is 1.34. The van der Waals surface area contributed by atoms with E-state index in [1.54, 1.807) is 9.13 Å². The van der Waals surface area contributed by atoms with Crippen molar-refractivity contribution in [3.05, 3.63) is 181 Å². The van der Waals surface area contributed by atoms with Gasteiger partial charge in [-0.1, -0.05) is 133 Å². The number of nitrogens with zero attached hydrogens (tertiary/aromatic N) is 8. The first-order valence-electron chi connectivity index (χ1n) is 17.0. The van der Waals surface area contributed by atoms with E-state index in [2.05, 4.69) is 48.5 Å². The fourth-order valence-electron chi connectivity index (χ4n) is 6.95. The molecule has 0 fully saturated rings. The summed E-state index contributed by atoms with van der Waals surface area (Å²) in [7, 11) is 0. The zero-order valence-electron chi connectivity index (χ0n) is 28.6. The van der Waals surface area contributed by atoms with Crippen molar-refractivity contribution in [2.24, 2.45) is 0 Å². The van der Waals surface area contributed by atoms with Gasteiger partial charge in [0.05, 0.1) is 0 Å². The van der Waals surface area contributed by atoms with Gasteiger partial charge in [-0.2, -0.15) is 21.0 Å². The quantitative estimate of drug-likeness (QED) is 0.164. The van der Waals surface area contributed by atoms with E-state index >= 15 is 0 Å². The number of imidazole rings is 2. The molecule has 0 aliphatic rings. The van der Waals surface area contributed by atoms with Gasteiger partial charge in [-0.15, -0.1) is 0 Å². The third-order valence-corrected chi connectivity index (χ3v) is 9.27. The molecule has 0 saturated heterocycles. The molecule has 0 aliphatic carbocycles. The molecule has 0 aliphatic heterocycles. The van der Waals surface area contributed by atoms with Crippen LogP contribution in [0.2, 0.25) is 0 Å². The third-order valence-electron chi connectivity index (χ3n) is 9.27. The Morgan fingerprint density at radius 1 is 0.315 bits per heavy atom. The van der Waals surface area contributed by atoms with Gasteiger partial charge in [-0.25, -0.2) is 9.97 Å². The summed E-state index contributed by atoms with van der Waals surface area (Å²) in [6, 6.07) is 59.5. The maximum Gasteiger partial charge on any atom is 0.177 e. The van der Waals surface area contributed by atoms with E-state index in [4.69, 9.17) is 9.97 Å². The van der Waals surface area contributed by atoms with Crippen LogP contribution in [0.1, 0.15) is 22.8 Å². The van der Waals surface area contributed by atoms with Crippen LogP contribution in [0.3, 0.4) is 0 Å². The number of benzene rings is 6. The normalized spacial score (nSPS) is 10.5. The Hall–Kier alpha value is -8.30. The number of hydrogen-bond donors (Lipinski definition) is 0. The molecule has 0 saturated carbocycles. The fraction of sp³-hybridized carbons (Fsp3) is 0. The lowest BCUT2D eigenvalue weighted by atomic mass is 9.86. The van der Waals surface area contributed by atoms with E-state index in [0.717, 1.165) is 55.9 Å². The average molecular weight is 691 g/mol. The second kappa shape index (κ2) is 14.1. The molecule has 8 nitrogen and oxygen atoms in total. The van der Waals surface area contributed by atoms with Crippen LogP contribution in [0.5, 0.6) is 0 Å². The van der Waals surface area contributed by atoms with Gasteiger partial charge in [0.2, 0.25) is 0 Å². The second-order valence-corrected chi connectivity index (χ2v) is 12.2. The molecule has 0 bridgehead atoms. The van der Waals surface area contributed by atoms with Crippen molar-refractivity contribution in [2.45, 2.75) is 0 Å². The molecule has 8 aromatic rings. The summed E-state index contributed by atoms with van der Waals surface area (Å²) in [4.78, 5) is 9.45. The molecular formula is C46H26N8. The van der Waals surface area contributed by atoms with Crippen molar-refractivity contribution < 1.29 is 0 Å². The van der Waals surface area contributed by atoms with E-state index < -0.39 is 0 Å². The average Bonchev–Trinajstić information content (AvgIpc) is 3.83. The lowest BCUT2D eigenvalue weighted by Gasteiger charge is -2.19. The summed E-state index contributed by atoms with van der Waals surface area (Å²) >= 11 is 0. The number of hydrogen-bond acceptors (Lipinski definition) is 6. The second-order valence-electron chi connectivity index (χ2n) is 12.2. The van der Waals surface area contributed by atoms with Crippen molar-refractivity contribution in [1.29, 1.82) is 21.0 Å². The van der Waals surface area contributed by atoms with Gasteiger partial charge >= 0.3 is 0 Å². The van der Waals surface area contributed by atoms with Gasteiger partial charge in [0.1, 0.15) is 35.9 Å². The predicted octanol–water partition coefficient (Wildman–Crippen LogP) is 9.88. The van der Waals surface area contributed by atoms with Crippen molar-refractivity contribution in [1.82, 2.24) is 19.1 Å². The Morgan fingerprint density at radius 3 is 0.852 bits per heavy atom. The molecule has 8 heteroatoms. The highest BCUT2D eigenvalue weighted by Crippen LogP contribution is 2.44. The smallest absolute Gasteiger partial charge is 0.177 e. The van der Waals surface area contributed by atoms with Crippen LogP contribution in [-0.4, -0.2) is 19.1 Å². The number of aromatic nitrogens is 4. The molecule has 0 spiro atoms. The first kappa shape index (κ1) is 32.9. The maximum atomic E-state index is 10.2. The van der Waals surface area contributed by atoms with Gasteiger partial charge in [0, 0.05) is 22.5 Å². The monoisotopic (exact) mass is 690 g/mol. The highest BCUT2D eigenvalue weighted by molar-refractivity contribution is 5.97. The number of para-hydroxylation sites is 2. The lowest BCUT2D eigenvalue weighted by Crippen LogP contribution is -2.02. The van der Waals surface area contributed by atoms with Gasteiger partial charge in [0.15, 0.2) is 22.8 Å². The Morgan fingerprint density at radius 2 is 0.574 bits per heavy atom. The third kappa shape index (κ3) is 5.56. The minimum Gasteiger partial charge on any atom is -0.283 e. The molecule has 2 heterocycles. The summed E-state index contributed by atoms with van der Waals surface area (Å²) in [5.41, 5.74) is 8.82. The van der Waals surface area contributed by atoms with Crippen LogP contribution < -0.4 is 0 Å². The molecule has 54 heavy (non-hydrogen) atoms. The standard InChI is InChI=1S/C46H26N8/c47-27-41-43(29-49)53(31-15-3-1-4-16-31)45(51-41)39-25-13-11-23-37(39)35-21-9-7-19-33(35)34-20-8-10-22-36(34)38-24-12-14-26-40(38)46-52-42(28-48)44(30-50)54(46)32-17-5-2-6-18-32/h1-26H. The van der Waals surface area contributed by atoms with Crippen LogP contribution in [-0.2, 0) is 0 Å². The zero-order chi connectivity index (χ0) is 37.0. The summed E-state index contributed by atoms with van der Waals surface area (Å²) in [5, 5.41) is 40.4. The molecule has 0 amide bonds. The Kier molecular flexibility index (Phi) is 8.61. The van der Waals surface area contributed by atoms with Crippen LogP contribution in [0.15, 0.2) is 158 Å². The molecule has 2 aromatic heterocycles. The van der Waals surface area contributed by atoms with Gasteiger partial charge in [-0.05, 0) is 57.6 Å². The topological polar surface area (TPSA) is 131 Å². The molecular weight excluding hydrogens is 665 g/mol. The first-order valence-corrected chi connectivity index (χ1v) is 17.0. The molecule has 6 aromatic carbocycles. The van der Waals surface area contributed by atoms with E-state index in [-0.39, 0.29) is 22.8 Å². The molecule has 250 valence electrons.